The van der Waals surface area contributed by atoms with E-state index in [1.165, 1.54) is 23.5 Å². The van der Waals surface area contributed by atoms with Crippen molar-refractivity contribution in [2.45, 2.75) is 19.8 Å². The maximum Gasteiger partial charge on any atom is 0.344 e. The van der Waals surface area contributed by atoms with Crippen LogP contribution in [-0.4, -0.2) is 10.2 Å². The highest BCUT2D eigenvalue weighted by Gasteiger charge is 2.33. The molecule has 0 radical (unpaired) electrons. The van der Waals surface area contributed by atoms with Crippen molar-refractivity contribution < 1.29 is 19.0 Å². The smallest absolute Gasteiger partial charge is 0.344 e. The van der Waals surface area contributed by atoms with Crippen molar-refractivity contribution >= 4 is 72.4 Å². The minimum absolute atomic E-state index is 0.140. The van der Waals surface area contributed by atoms with E-state index in [1.807, 2.05) is 0 Å². The van der Waals surface area contributed by atoms with Gasteiger partial charge >= 0.3 is 11.3 Å². The van der Waals surface area contributed by atoms with E-state index in [1.54, 1.807) is 37.4 Å². The molecule has 0 bridgehead atoms. The van der Waals surface area contributed by atoms with Crippen LogP contribution in [0.1, 0.15) is 33.0 Å². The molecule has 0 spiro atoms. The number of fused-ring (bicyclic) bond motifs is 2. The first-order valence-electron chi connectivity index (χ1n) is 10.2. The molecular formula is C25H15BrCl2O6S. The van der Waals surface area contributed by atoms with Crippen LogP contribution in [0.5, 0.6) is 11.5 Å². The summed E-state index contributed by atoms with van der Waals surface area (Å²) in [7, 11) is 0. The fraction of sp³-hybridized carbons (Fsp3) is 0.120. The standard InChI is InChI=1S/C25H15BrCl2O6S/c1-9-3-16-12(6-14(9)27)22(29)20(24(31)33-16)19(18-5-11(26)8-35-18)21-23(30)13-7-15(28)10(2)4-17(13)34-25(21)32/h3-8,19,29-30H,1-2H3. The summed E-state index contributed by atoms with van der Waals surface area (Å²) >= 11 is 17.1. The quantitative estimate of drug-likeness (QED) is 0.214. The largest absolute Gasteiger partial charge is 0.507 e. The molecule has 2 aromatic carbocycles. The third-order valence-corrected chi connectivity index (χ3v) is 8.41. The van der Waals surface area contributed by atoms with E-state index in [4.69, 9.17) is 32.0 Å². The molecule has 0 atom stereocenters. The lowest BCUT2D eigenvalue weighted by molar-refractivity contribution is 0.442. The molecule has 3 aromatic heterocycles. The van der Waals surface area contributed by atoms with Crippen molar-refractivity contribution in [3.8, 4) is 11.5 Å². The summed E-state index contributed by atoms with van der Waals surface area (Å²) in [6.45, 7) is 3.48. The van der Waals surface area contributed by atoms with E-state index in [9.17, 15) is 19.8 Å². The Bertz CT molecular complexity index is 1670. The number of thiophene rings is 1. The lowest BCUT2D eigenvalue weighted by atomic mass is 9.89. The zero-order chi connectivity index (χ0) is 25.2. The highest BCUT2D eigenvalue weighted by molar-refractivity contribution is 9.10. The van der Waals surface area contributed by atoms with Gasteiger partial charge in [-0.15, -0.1) is 11.3 Å². The number of benzene rings is 2. The van der Waals surface area contributed by atoms with Gasteiger partial charge in [-0.05, 0) is 71.2 Å². The molecule has 0 aliphatic rings. The molecule has 3 heterocycles. The van der Waals surface area contributed by atoms with E-state index < -0.39 is 28.7 Å². The Kier molecular flexibility index (Phi) is 5.96. The Hall–Kier alpha value is -2.78. The molecule has 2 N–H and O–H groups in total. The molecule has 0 unspecified atom stereocenters. The molecule has 0 amide bonds. The lowest BCUT2D eigenvalue weighted by Gasteiger charge is -2.18. The van der Waals surface area contributed by atoms with Crippen molar-refractivity contribution in [2.24, 2.45) is 0 Å². The minimum atomic E-state index is -1.20. The Balaban J connectivity index is 1.90. The second-order valence-corrected chi connectivity index (χ2v) is 10.8. The van der Waals surface area contributed by atoms with Gasteiger partial charge in [-0.3, -0.25) is 0 Å². The van der Waals surface area contributed by atoms with Crippen LogP contribution in [0.2, 0.25) is 10.0 Å². The van der Waals surface area contributed by atoms with Gasteiger partial charge in [0.2, 0.25) is 0 Å². The van der Waals surface area contributed by atoms with E-state index in [0.717, 1.165) is 0 Å². The average molecular weight is 594 g/mol. The van der Waals surface area contributed by atoms with E-state index in [-0.39, 0.29) is 33.1 Å². The molecule has 0 aliphatic heterocycles. The van der Waals surface area contributed by atoms with Gasteiger partial charge in [0, 0.05) is 24.8 Å². The summed E-state index contributed by atoms with van der Waals surface area (Å²) in [5.41, 5.74) is -0.595. The third kappa shape index (κ3) is 3.94. The van der Waals surface area contributed by atoms with Gasteiger partial charge in [0.05, 0.1) is 27.8 Å². The number of aryl methyl sites for hydroxylation is 2. The first kappa shape index (κ1) is 23.9. The second kappa shape index (κ2) is 8.71. The summed E-state index contributed by atoms with van der Waals surface area (Å²) in [6, 6.07) is 7.75. The van der Waals surface area contributed by atoms with Gasteiger partial charge in [0.15, 0.2) is 0 Å². The Morgan fingerprint density at radius 1 is 0.829 bits per heavy atom. The monoisotopic (exact) mass is 592 g/mol. The van der Waals surface area contributed by atoms with Gasteiger partial charge < -0.3 is 19.0 Å². The predicted octanol–water partition coefficient (Wildman–Crippen LogP) is 7.24. The maximum absolute atomic E-state index is 13.2. The topological polar surface area (TPSA) is 101 Å². The van der Waals surface area contributed by atoms with E-state index in [2.05, 4.69) is 15.9 Å². The maximum atomic E-state index is 13.2. The molecule has 0 saturated carbocycles. The molecule has 35 heavy (non-hydrogen) atoms. The third-order valence-electron chi connectivity index (χ3n) is 5.84. The number of rotatable bonds is 3. The number of aromatic hydroxyl groups is 2. The highest BCUT2D eigenvalue weighted by Crippen LogP contribution is 2.45. The van der Waals surface area contributed by atoms with Crippen LogP contribution in [0.15, 0.2) is 58.6 Å². The van der Waals surface area contributed by atoms with Gasteiger partial charge in [0.25, 0.3) is 0 Å². The van der Waals surface area contributed by atoms with Crippen LogP contribution >= 0.6 is 50.5 Å². The molecule has 5 rings (SSSR count). The lowest BCUT2D eigenvalue weighted by Crippen LogP contribution is -2.20. The van der Waals surface area contributed by atoms with Crippen LogP contribution in [0.25, 0.3) is 21.9 Å². The first-order chi connectivity index (χ1) is 16.6. The van der Waals surface area contributed by atoms with Gasteiger partial charge in [-0.2, -0.15) is 0 Å². The Morgan fingerprint density at radius 3 is 1.69 bits per heavy atom. The van der Waals surface area contributed by atoms with E-state index in [0.29, 0.717) is 30.5 Å². The predicted molar refractivity (Wildman–Crippen MR) is 141 cm³/mol. The molecule has 6 nitrogen and oxygen atoms in total. The van der Waals surface area contributed by atoms with Crippen LogP contribution in [0.3, 0.4) is 0 Å². The van der Waals surface area contributed by atoms with Gasteiger partial charge in [-0.25, -0.2) is 9.59 Å². The number of halogens is 3. The minimum Gasteiger partial charge on any atom is -0.507 e. The van der Waals surface area contributed by atoms with Crippen LogP contribution in [0.4, 0.5) is 0 Å². The SMILES string of the molecule is Cc1cc2oc(=O)c(C(c3cc(Br)cs3)c3c(O)c4cc(Cl)c(C)cc4oc3=O)c(O)c2cc1Cl. The van der Waals surface area contributed by atoms with Crippen LogP contribution in [-0.2, 0) is 0 Å². The summed E-state index contributed by atoms with van der Waals surface area (Å²) in [4.78, 5) is 26.9. The number of hydrogen-bond donors (Lipinski definition) is 2. The molecule has 0 fully saturated rings. The normalized spacial score (nSPS) is 11.7. The van der Waals surface area contributed by atoms with Crippen molar-refractivity contribution in [3.05, 3.63) is 98.2 Å². The zero-order valence-corrected chi connectivity index (χ0v) is 22.0. The molecule has 10 heteroatoms. The van der Waals surface area contributed by atoms with Crippen LogP contribution in [0, 0.1) is 13.8 Å². The molecular weight excluding hydrogens is 579 g/mol. The van der Waals surface area contributed by atoms with Crippen molar-refractivity contribution in [3.63, 3.8) is 0 Å². The van der Waals surface area contributed by atoms with Crippen molar-refractivity contribution in [2.75, 3.05) is 0 Å². The second-order valence-electron chi connectivity index (χ2n) is 8.10. The average Bonchev–Trinajstić information content (AvgIpc) is 3.21. The van der Waals surface area contributed by atoms with Crippen LogP contribution < -0.4 is 11.3 Å². The van der Waals surface area contributed by atoms with Gasteiger partial charge in [0.1, 0.15) is 22.7 Å². The fourth-order valence-electron chi connectivity index (χ4n) is 4.06. The molecule has 0 aliphatic carbocycles. The summed E-state index contributed by atoms with van der Waals surface area (Å²) < 4.78 is 11.7. The Morgan fingerprint density at radius 2 is 1.29 bits per heavy atom. The Labute approximate surface area is 220 Å². The summed E-state index contributed by atoms with van der Waals surface area (Å²) in [5, 5.41) is 25.4. The number of hydrogen-bond acceptors (Lipinski definition) is 7. The first-order valence-corrected chi connectivity index (χ1v) is 12.6. The summed E-state index contributed by atoms with van der Waals surface area (Å²) in [5.74, 6) is -2.02. The molecule has 0 saturated heterocycles. The van der Waals surface area contributed by atoms with Crippen molar-refractivity contribution in [1.82, 2.24) is 0 Å². The summed E-state index contributed by atoms with van der Waals surface area (Å²) in [6.07, 6.45) is 0. The van der Waals surface area contributed by atoms with E-state index >= 15 is 0 Å². The van der Waals surface area contributed by atoms with Crippen molar-refractivity contribution in [1.29, 1.82) is 0 Å². The molecule has 178 valence electrons. The highest BCUT2D eigenvalue weighted by atomic mass is 79.9. The fourth-order valence-corrected chi connectivity index (χ4v) is 5.95. The zero-order valence-electron chi connectivity index (χ0n) is 18.1. The molecule has 5 aromatic rings. The van der Waals surface area contributed by atoms with Gasteiger partial charge in [-0.1, -0.05) is 23.2 Å².